The van der Waals surface area contributed by atoms with Crippen LogP contribution in [0, 0.1) is 6.92 Å². The van der Waals surface area contributed by atoms with Crippen LogP contribution in [-0.4, -0.2) is 36.8 Å². The lowest BCUT2D eigenvalue weighted by Crippen LogP contribution is -2.36. The number of nitrogens with one attached hydrogen (secondary N) is 1. The normalized spacial score (nSPS) is 16.3. The van der Waals surface area contributed by atoms with Gasteiger partial charge in [0, 0.05) is 19.3 Å². The number of carbonyl (C=O) groups is 1. The minimum absolute atomic E-state index is 0.0480. The molecule has 1 aliphatic heterocycles. The number of amides is 1. The highest BCUT2D eigenvalue weighted by Crippen LogP contribution is 2.17. The number of pyridine rings is 1. The zero-order chi connectivity index (χ0) is 19.2. The van der Waals surface area contributed by atoms with Gasteiger partial charge in [-0.3, -0.25) is 9.59 Å². The largest absolute Gasteiger partial charge is 0.496 e. The van der Waals surface area contributed by atoms with Gasteiger partial charge in [0.05, 0.1) is 19.8 Å². The van der Waals surface area contributed by atoms with Crippen LogP contribution in [0.4, 0.5) is 0 Å². The third-order valence-electron chi connectivity index (χ3n) is 4.90. The lowest BCUT2D eigenvalue weighted by atomic mass is 10.1. The van der Waals surface area contributed by atoms with Crippen LogP contribution < -0.4 is 15.6 Å². The summed E-state index contributed by atoms with van der Waals surface area (Å²) in [5.74, 6) is 0.454. The van der Waals surface area contributed by atoms with Crippen molar-refractivity contribution in [2.75, 3.05) is 20.3 Å². The van der Waals surface area contributed by atoms with E-state index in [2.05, 4.69) is 5.32 Å². The van der Waals surface area contributed by atoms with Crippen molar-refractivity contribution in [1.82, 2.24) is 9.88 Å². The summed E-state index contributed by atoms with van der Waals surface area (Å²) in [5, 5.41) is 2.86. The summed E-state index contributed by atoms with van der Waals surface area (Å²) in [6, 6.07) is 9.51. The van der Waals surface area contributed by atoms with Gasteiger partial charge in [0.1, 0.15) is 11.3 Å². The number of aromatic nitrogens is 1. The van der Waals surface area contributed by atoms with E-state index in [0.717, 1.165) is 30.8 Å². The highest BCUT2D eigenvalue weighted by Gasteiger charge is 2.20. The second kappa shape index (κ2) is 8.86. The summed E-state index contributed by atoms with van der Waals surface area (Å²) in [4.78, 5) is 25.4. The van der Waals surface area contributed by atoms with Crippen LogP contribution in [0.25, 0.3) is 0 Å². The molecule has 1 fully saturated rings. The first-order valence-electron chi connectivity index (χ1n) is 9.32. The molecule has 1 aromatic heterocycles. The second-order valence-corrected chi connectivity index (χ2v) is 6.78. The topological polar surface area (TPSA) is 69.6 Å². The number of para-hydroxylation sites is 1. The summed E-state index contributed by atoms with van der Waals surface area (Å²) in [5.41, 5.74) is 1.63. The van der Waals surface area contributed by atoms with E-state index in [9.17, 15) is 9.59 Å². The van der Waals surface area contributed by atoms with E-state index in [1.165, 1.54) is 0 Å². The molecule has 27 heavy (non-hydrogen) atoms. The van der Waals surface area contributed by atoms with Crippen molar-refractivity contribution in [1.29, 1.82) is 0 Å². The SMILES string of the molecule is COc1ccccc1CCNC(=O)c1c(C)ccn(CC2CCCO2)c1=O. The number of hydrogen-bond donors (Lipinski definition) is 1. The zero-order valence-corrected chi connectivity index (χ0v) is 15.9. The maximum absolute atomic E-state index is 12.8. The van der Waals surface area contributed by atoms with Gasteiger partial charge in [-0.25, -0.2) is 0 Å². The smallest absolute Gasteiger partial charge is 0.263 e. The number of ether oxygens (including phenoxy) is 2. The van der Waals surface area contributed by atoms with Crippen molar-refractivity contribution < 1.29 is 14.3 Å². The molecular formula is C21H26N2O4. The summed E-state index contributed by atoms with van der Waals surface area (Å²) in [6.07, 6.45) is 4.38. The Morgan fingerprint density at radius 1 is 1.33 bits per heavy atom. The van der Waals surface area contributed by atoms with E-state index in [1.54, 1.807) is 24.8 Å². The standard InChI is InChI=1S/C21H26N2O4/c1-15-10-12-23(14-17-7-5-13-27-17)21(25)19(15)20(24)22-11-9-16-6-3-4-8-18(16)26-2/h3-4,6,8,10,12,17H,5,7,9,11,13-14H2,1-2H3,(H,22,24). The molecule has 0 spiro atoms. The van der Waals surface area contributed by atoms with E-state index in [1.807, 2.05) is 30.3 Å². The molecule has 0 radical (unpaired) electrons. The molecular weight excluding hydrogens is 344 g/mol. The van der Waals surface area contributed by atoms with E-state index >= 15 is 0 Å². The van der Waals surface area contributed by atoms with E-state index in [4.69, 9.17) is 9.47 Å². The molecule has 1 amide bonds. The third-order valence-corrected chi connectivity index (χ3v) is 4.90. The summed E-state index contributed by atoms with van der Waals surface area (Å²) >= 11 is 0. The lowest BCUT2D eigenvalue weighted by Gasteiger charge is -2.14. The number of rotatable bonds is 7. The summed E-state index contributed by atoms with van der Waals surface area (Å²) in [6.45, 7) is 3.44. The molecule has 1 unspecified atom stereocenters. The van der Waals surface area contributed by atoms with Crippen LogP contribution in [0.3, 0.4) is 0 Å². The molecule has 1 aromatic carbocycles. The molecule has 6 heteroatoms. The van der Waals surface area contributed by atoms with Gasteiger partial charge in [-0.2, -0.15) is 0 Å². The molecule has 0 bridgehead atoms. The number of aryl methyl sites for hydroxylation is 1. The molecule has 0 saturated carbocycles. The minimum atomic E-state index is -0.339. The Labute approximate surface area is 159 Å². The third kappa shape index (κ3) is 4.57. The van der Waals surface area contributed by atoms with Crippen LogP contribution >= 0.6 is 0 Å². The fourth-order valence-corrected chi connectivity index (χ4v) is 3.40. The Morgan fingerprint density at radius 3 is 2.89 bits per heavy atom. The van der Waals surface area contributed by atoms with Gasteiger partial charge >= 0.3 is 0 Å². The van der Waals surface area contributed by atoms with Crippen molar-refractivity contribution in [2.45, 2.75) is 38.8 Å². The Hall–Kier alpha value is -2.60. The molecule has 2 heterocycles. The molecule has 1 aliphatic rings. The zero-order valence-electron chi connectivity index (χ0n) is 15.9. The van der Waals surface area contributed by atoms with Crippen LogP contribution in [0.2, 0.25) is 0 Å². The van der Waals surface area contributed by atoms with Gasteiger partial charge in [-0.1, -0.05) is 18.2 Å². The maximum atomic E-state index is 12.8. The van der Waals surface area contributed by atoms with Gasteiger partial charge in [0.25, 0.3) is 11.5 Å². The molecule has 0 aliphatic carbocycles. The Kier molecular flexibility index (Phi) is 6.29. The molecule has 1 atom stereocenters. The lowest BCUT2D eigenvalue weighted by molar-refractivity contribution is 0.0930. The van der Waals surface area contributed by atoms with Crippen molar-refractivity contribution >= 4 is 5.91 Å². The predicted octanol–water partition coefficient (Wildman–Crippen LogP) is 2.32. The van der Waals surface area contributed by atoms with E-state index < -0.39 is 0 Å². The Bertz CT molecular complexity index is 854. The van der Waals surface area contributed by atoms with Crippen LogP contribution in [0.1, 0.15) is 34.3 Å². The van der Waals surface area contributed by atoms with E-state index in [-0.39, 0.29) is 23.1 Å². The monoisotopic (exact) mass is 370 g/mol. The van der Waals surface area contributed by atoms with Crippen LogP contribution in [0.5, 0.6) is 5.75 Å². The van der Waals surface area contributed by atoms with Crippen molar-refractivity contribution in [3.05, 3.63) is 63.6 Å². The first-order chi connectivity index (χ1) is 13.1. The first-order valence-corrected chi connectivity index (χ1v) is 9.32. The van der Waals surface area contributed by atoms with Gasteiger partial charge in [0.2, 0.25) is 0 Å². The number of carbonyl (C=O) groups excluding carboxylic acids is 1. The molecule has 3 rings (SSSR count). The molecule has 1 saturated heterocycles. The van der Waals surface area contributed by atoms with Gasteiger partial charge < -0.3 is 19.4 Å². The highest BCUT2D eigenvalue weighted by atomic mass is 16.5. The minimum Gasteiger partial charge on any atom is -0.496 e. The number of hydrogen-bond acceptors (Lipinski definition) is 4. The number of benzene rings is 1. The number of methoxy groups -OCH3 is 1. The van der Waals surface area contributed by atoms with Crippen molar-refractivity contribution in [2.24, 2.45) is 0 Å². The van der Waals surface area contributed by atoms with E-state index in [0.29, 0.717) is 25.1 Å². The van der Waals surface area contributed by atoms with Crippen molar-refractivity contribution in [3.8, 4) is 5.75 Å². The summed E-state index contributed by atoms with van der Waals surface area (Å²) in [7, 11) is 1.63. The van der Waals surface area contributed by atoms with Gasteiger partial charge in [-0.05, 0) is 49.4 Å². The van der Waals surface area contributed by atoms with Crippen molar-refractivity contribution in [3.63, 3.8) is 0 Å². The van der Waals surface area contributed by atoms with Crippen LogP contribution in [-0.2, 0) is 17.7 Å². The molecule has 2 aromatic rings. The second-order valence-electron chi connectivity index (χ2n) is 6.78. The fraction of sp³-hybridized carbons (Fsp3) is 0.429. The summed E-state index contributed by atoms with van der Waals surface area (Å²) < 4.78 is 12.5. The average Bonchev–Trinajstić information content (AvgIpc) is 3.18. The average molecular weight is 370 g/mol. The number of nitrogens with zero attached hydrogens (tertiary/aromatic N) is 1. The Morgan fingerprint density at radius 2 is 2.15 bits per heavy atom. The Balaban J connectivity index is 1.67. The fourth-order valence-electron chi connectivity index (χ4n) is 3.40. The quantitative estimate of drug-likeness (QED) is 0.812. The van der Waals surface area contributed by atoms with Crippen LogP contribution in [0.15, 0.2) is 41.3 Å². The highest BCUT2D eigenvalue weighted by molar-refractivity contribution is 5.95. The van der Waals surface area contributed by atoms with Gasteiger partial charge in [-0.15, -0.1) is 0 Å². The predicted molar refractivity (Wildman–Crippen MR) is 103 cm³/mol. The van der Waals surface area contributed by atoms with Gasteiger partial charge in [0.15, 0.2) is 0 Å². The molecule has 6 nitrogen and oxygen atoms in total. The maximum Gasteiger partial charge on any atom is 0.263 e. The molecule has 144 valence electrons. The first kappa shape index (κ1) is 19.2. The molecule has 1 N–H and O–H groups in total.